The Labute approximate surface area is 82.5 Å². The molecule has 0 bridgehead atoms. The highest BCUT2D eigenvalue weighted by atomic mass is 16.1. The molecule has 0 atom stereocenters. The summed E-state index contributed by atoms with van der Waals surface area (Å²) in [4.78, 5) is 10.8. The Kier molecular flexibility index (Phi) is 2.19. The predicted molar refractivity (Wildman–Crippen MR) is 57.5 cm³/mol. The van der Waals surface area contributed by atoms with Crippen LogP contribution in [0.5, 0.6) is 0 Å². The van der Waals surface area contributed by atoms with Crippen LogP contribution in [0.15, 0.2) is 43.1 Å². The van der Waals surface area contributed by atoms with Gasteiger partial charge in [0.2, 0.25) is 0 Å². The first kappa shape index (κ1) is 8.75. The molecule has 0 N–H and O–H groups in total. The molecular formula is C12H11NO. The van der Waals surface area contributed by atoms with E-state index in [-0.39, 0.29) is 0 Å². The molecule has 14 heavy (non-hydrogen) atoms. The maximum Gasteiger partial charge on any atom is 0.150 e. The van der Waals surface area contributed by atoms with Gasteiger partial charge in [-0.05, 0) is 12.1 Å². The van der Waals surface area contributed by atoms with Crippen LogP contribution in [0.1, 0.15) is 10.4 Å². The van der Waals surface area contributed by atoms with Gasteiger partial charge in [0.25, 0.3) is 0 Å². The number of fused-ring (bicyclic) bond motifs is 1. The third kappa shape index (κ3) is 1.25. The zero-order chi connectivity index (χ0) is 9.97. The minimum atomic E-state index is 0.741. The smallest absolute Gasteiger partial charge is 0.150 e. The summed E-state index contributed by atoms with van der Waals surface area (Å²) in [6, 6.07) is 7.69. The van der Waals surface area contributed by atoms with Crippen LogP contribution in [0.2, 0.25) is 0 Å². The minimum absolute atomic E-state index is 0.741. The summed E-state index contributed by atoms with van der Waals surface area (Å²) in [5, 5.41) is 1.00. The third-order valence-electron chi connectivity index (χ3n) is 2.30. The Morgan fingerprint density at radius 2 is 2.21 bits per heavy atom. The first-order valence-corrected chi connectivity index (χ1v) is 4.50. The SMILES string of the molecule is C=CCn1ccc2c(C=O)cccc21. The zero-order valence-electron chi connectivity index (χ0n) is 7.81. The molecule has 0 aliphatic rings. The number of hydrogen-bond acceptors (Lipinski definition) is 1. The van der Waals surface area contributed by atoms with Gasteiger partial charge >= 0.3 is 0 Å². The molecule has 1 aromatic carbocycles. The molecule has 0 spiro atoms. The van der Waals surface area contributed by atoms with E-state index in [1.54, 1.807) is 0 Å². The molecule has 0 fully saturated rings. The van der Waals surface area contributed by atoms with Crippen molar-refractivity contribution in [1.29, 1.82) is 0 Å². The first-order valence-electron chi connectivity index (χ1n) is 4.50. The Hall–Kier alpha value is -1.83. The predicted octanol–water partition coefficient (Wildman–Crippen LogP) is 2.64. The number of aromatic nitrogens is 1. The van der Waals surface area contributed by atoms with Gasteiger partial charge in [-0.25, -0.2) is 0 Å². The molecule has 2 rings (SSSR count). The van der Waals surface area contributed by atoms with E-state index in [0.717, 1.165) is 29.3 Å². The second-order valence-electron chi connectivity index (χ2n) is 3.15. The van der Waals surface area contributed by atoms with Gasteiger partial charge in [-0.15, -0.1) is 6.58 Å². The van der Waals surface area contributed by atoms with Gasteiger partial charge in [-0.1, -0.05) is 18.2 Å². The molecule has 0 saturated carbocycles. The number of nitrogens with zero attached hydrogens (tertiary/aromatic N) is 1. The summed E-state index contributed by atoms with van der Waals surface area (Å²) < 4.78 is 2.06. The van der Waals surface area contributed by atoms with Crippen LogP contribution in [0.3, 0.4) is 0 Å². The van der Waals surface area contributed by atoms with Crippen LogP contribution < -0.4 is 0 Å². The van der Waals surface area contributed by atoms with Crippen molar-refractivity contribution in [2.24, 2.45) is 0 Å². The number of benzene rings is 1. The second kappa shape index (κ2) is 3.50. The summed E-state index contributed by atoms with van der Waals surface area (Å²) in [5.74, 6) is 0. The van der Waals surface area contributed by atoms with Crippen LogP contribution in [0, 0.1) is 0 Å². The highest BCUT2D eigenvalue weighted by Crippen LogP contribution is 2.18. The van der Waals surface area contributed by atoms with Gasteiger partial charge in [-0.3, -0.25) is 4.79 Å². The molecule has 1 aromatic heterocycles. The molecule has 2 aromatic rings. The molecular weight excluding hydrogens is 174 g/mol. The van der Waals surface area contributed by atoms with E-state index in [2.05, 4.69) is 11.1 Å². The molecule has 0 unspecified atom stereocenters. The van der Waals surface area contributed by atoms with Crippen molar-refractivity contribution in [3.8, 4) is 0 Å². The van der Waals surface area contributed by atoms with Crippen LogP contribution in [0.25, 0.3) is 10.9 Å². The van der Waals surface area contributed by atoms with Gasteiger partial charge in [0.1, 0.15) is 0 Å². The van der Waals surface area contributed by atoms with Crippen molar-refractivity contribution in [3.63, 3.8) is 0 Å². The summed E-state index contributed by atoms with van der Waals surface area (Å²) in [6.45, 7) is 4.46. The molecule has 0 aliphatic heterocycles. The molecule has 2 heteroatoms. The van der Waals surface area contributed by atoms with Crippen LogP contribution >= 0.6 is 0 Å². The summed E-state index contributed by atoms with van der Waals surface area (Å²) in [5.41, 5.74) is 1.82. The third-order valence-corrected chi connectivity index (χ3v) is 2.30. The molecule has 0 saturated heterocycles. The first-order chi connectivity index (χ1) is 6.86. The van der Waals surface area contributed by atoms with Gasteiger partial charge in [-0.2, -0.15) is 0 Å². The molecule has 0 amide bonds. The van der Waals surface area contributed by atoms with Gasteiger partial charge in [0.15, 0.2) is 6.29 Å². The average Bonchev–Trinajstić information content (AvgIpc) is 2.62. The molecule has 0 aliphatic carbocycles. The lowest BCUT2D eigenvalue weighted by Crippen LogP contribution is -1.92. The normalized spacial score (nSPS) is 10.3. The average molecular weight is 185 g/mol. The fourth-order valence-corrected chi connectivity index (χ4v) is 1.65. The quantitative estimate of drug-likeness (QED) is 0.532. The van der Waals surface area contributed by atoms with E-state index in [0.29, 0.717) is 0 Å². The fourth-order valence-electron chi connectivity index (χ4n) is 1.65. The maximum atomic E-state index is 10.8. The van der Waals surface area contributed by atoms with E-state index < -0.39 is 0 Å². The van der Waals surface area contributed by atoms with Crippen molar-refractivity contribution < 1.29 is 4.79 Å². The Bertz CT molecular complexity index is 482. The lowest BCUT2D eigenvalue weighted by atomic mass is 10.1. The van der Waals surface area contributed by atoms with Gasteiger partial charge < -0.3 is 4.57 Å². The van der Waals surface area contributed by atoms with Crippen molar-refractivity contribution in [3.05, 3.63) is 48.7 Å². The summed E-state index contributed by atoms with van der Waals surface area (Å²) in [7, 11) is 0. The minimum Gasteiger partial charge on any atom is -0.344 e. The second-order valence-corrected chi connectivity index (χ2v) is 3.15. The Morgan fingerprint density at radius 1 is 1.36 bits per heavy atom. The Morgan fingerprint density at radius 3 is 2.93 bits per heavy atom. The van der Waals surface area contributed by atoms with Crippen molar-refractivity contribution in [1.82, 2.24) is 4.57 Å². The number of aldehydes is 1. The lowest BCUT2D eigenvalue weighted by Gasteiger charge is -2.00. The van der Waals surface area contributed by atoms with E-state index in [1.165, 1.54) is 0 Å². The van der Waals surface area contributed by atoms with Crippen molar-refractivity contribution in [2.75, 3.05) is 0 Å². The van der Waals surface area contributed by atoms with Crippen LogP contribution in [0.4, 0.5) is 0 Å². The zero-order valence-corrected chi connectivity index (χ0v) is 7.81. The molecule has 2 nitrogen and oxygen atoms in total. The van der Waals surface area contributed by atoms with Gasteiger partial charge in [0.05, 0.1) is 0 Å². The van der Waals surface area contributed by atoms with Crippen molar-refractivity contribution in [2.45, 2.75) is 6.54 Å². The largest absolute Gasteiger partial charge is 0.344 e. The van der Waals surface area contributed by atoms with E-state index in [4.69, 9.17) is 0 Å². The fraction of sp³-hybridized carbons (Fsp3) is 0.0833. The number of allylic oxidation sites excluding steroid dienone is 1. The van der Waals surface area contributed by atoms with E-state index >= 15 is 0 Å². The monoisotopic (exact) mass is 185 g/mol. The topological polar surface area (TPSA) is 22.0 Å². The number of carbonyl (C=O) groups is 1. The van der Waals surface area contributed by atoms with Crippen LogP contribution in [-0.2, 0) is 6.54 Å². The molecule has 70 valence electrons. The maximum absolute atomic E-state index is 10.8. The number of hydrogen-bond donors (Lipinski definition) is 0. The highest BCUT2D eigenvalue weighted by Gasteiger charge is 2.02. The lowest BCUT2D eigenvalue weighted by molar-refractivity contribution is 0.112. The van der Waals surface area contributed by atoms with Crippen LogP contribution in [-0.4, -0.2) is 10.9 Å². The molecule has 0 radical (unpaired) electrons. The summed E-state index contributed by atoms with van der Waals surface area (Å²) >= 11 is 0. The number of rotatable bonds is 3. The summed E-state index contributed by atoms with van der Waals surface area (Å²) in [6.07, 6.45) is 4.70. The van der Waals surface area contributed by atoms with E-state index in [9.17, 15) is 4.79 Å². The highest BCUT2D eigenvalue weighted by molar-refractivity contribution is 5.97. The molecule has 1 heterocycles. The standard InChI is InChI=1S/C12H11NO/c1-2-7-13-8-6-11-10(9-14)4-3-5-12(11)13/h2-6,8-9H,1,7H2. The number of carbonyl (C=O) groups excluding carboxylic acids is 1. The Balaban J connectivity index is 2.68. The van der Waals surface area contributed by atoms with Crippen molar-refractivity contribution >= 4 is 17.2 Å². The van der Waals surface area contributed by atoms with Gasteiger partial charge in [0, 0.05) is 29.2 Å². The van der Waals surface area contributed by atoms with E-state index in [1.807, 2.05) is 36.5 Å².